The zero-order valence-corrected chi connectivity index (χ0v) is 7.36. The van der Waals surface area contributed by atoms with Crippen LogP contribution in [-0.2, 0) is 12.8 Å². The maximum Gasteiger partial charge on any atom is 0.00926 e. The van der Waals surface area contributed by atoms with Crippen molar-refractivity contribution in [1.29, 1.82) is 0 Å². The largest absolute Gasteiger partial charge is 0.327 e. The van der Waals surface area contributed by atoms with E-state index in [2.05, 4.69) is 11.4 Å². The van der Waals surface area contributed by atoms with Crippen LogP contribution in [0.4, 0.5) is 0 Å². The summed E-state index contributed by atoms with van der Waals surface area (Å²) in [6.45, 7) is 0. The van der Waals surface area contributed by atoms with Gasteiger partial charge in [0.05, 0.1) is 0 Å². The summed E-state index contributed by atoms with van der Waals surface area (Å²) in [5.74, 6) is 0. The average Bonchev–Trinajstić information content (AvgIpc) is 2.31. The van der Waals surface area contributed by atoms with Gasteiger partial charge in [-0.2, -0.15) is 0 Å². The fourth-order valence-corrected chi connectivity index (χ4v) is 2.69. The van der Waals surface area contributed by atoms with Gasteiger partial charge in [0.15, 0.2) is 0 Å². The van der Waals surface area contributed by atoms with Gasteiger partial charge < -0.3 is 5.73 Å². The van der Waals surface area contributed by atoms with E-state index < -0.39 is 0 Å². The lowest BCUT2D eigenvalue weighted by Crippen LogP contribution is -2.20. The number of hydrogen-bond donors (Lipinski definition) is 1. The Balaban J connectivity index is 2.26. The van der Waals surface area contributed by atoms with E-state index in [4.69, 9.17) is 5.73 Å². The van der Waals surface area contributed by atoms with Crippen LogP contribution in [0.15, 0.2) is 11.4 Å². The first-order valence-electron chi connectivity index (χ1n) is 4.17. The van der Waals surface area contributed by atoms with E-state index in [0.717, 1.165) is 6.42 Å². The van der Waals surface area contributed by atoms with Gasteiger partial charge in [0.2, 0.25) is 0 Å². The number of aryl methyl sites for hydroxylation is 1. The Labute approximate surface area is 71.2 Å². The van der Waals surface area contributed by atoms with Crippen LogP contribution in [-0.4, -0.2) is 6.04 Å². The van der Waals surface area contributed by atoms with E-state index in [0.29, 0.717) is 6.04 Å². The van der Waals surface area contributed by atoms with Gasteiger partial charge >= 0.3 is 0 Å². The number of fused-ring (bicyclic) bond motifs is 1. The molecule has 0 aliphatic heterocycles. The van der Waals surface area contributed by atoms with Gasteiger partial charge in [-0.1, -0.05) is 0 Å². The van der Waals surface area contributed by atoms with Gasteiger partial charge in [-0.05, 0) is 42.7 Å². The molecule has 0 fully saturated rings. The molecule has 0 spiro atoms. The zero-order chi connectivity index (χ0) is 7.68. The zero-order valence-electron chi connectivity index (χ0n) is 6.55. The van der Waals surface area contributed by atoms with Crippen LogP contribution in [0.1, 0.15) is 23.3 Å². The molecule has 0 saturated heterocycles. The molecule has 1 aromatic heterocycles. The predicted octanol–water partition coefficient (Wildman–Crippen LogP) is 1.95. The summed E-state index contributed by atoms with van der Waals surface area (Å²) in [5.41, 5.74) is 7.46. The molecule has 2 heteroatoms. The van der Waals surface area contributed by atoms with Crippen molar-refractivity contribution in [1.82, 2.24) is 0 Å². The maximum atomic E-state index is 5.92. The summed E-state index contributed by atoms with van der Waals surface area (Å²) >= 11 is 1.86. The molecule has 1 heterocycles. The molecule has 0 bridgehead atoms. The Bertz CT molecular complexity index is 241. The molecular weight excluding hydrogens is 154 g/mol. The monoisotopic (exact) mass is 167 g/mol. The smallest absolute Gasteiger partial charge is 0.00926 e. The van der Waals surface area contributed by atoms with E-state index in [-0.39, 0.29) is 0 Å². The number of rotatable bonds is 0. The Kier molecular flexibility index (Phi) is 1.96. The van der Waals surface area contributed by atoms with E-state index in [1.54, 1.807) is 5.56 Å². The fraction of sp³-hybridized carbons (Fsp3) is 0.556. The Hall–Kier alpha value is -0.340. The topological polar surface area (TPSA) is 26.0 Å². The van der Waals surface area contributed by atoms with Crippen LogP contribution < -0.4 is 5.73 Å². The van der Waals surface area contributed by atoms with Crippen molar-refractivity contribution in [3.8, 4) is 0 Å². The van der Waals surface area contributed by atoms with Gasteiger partial charge in [-0.25, -0.2) is 0 Å². The quantitative estimate of drug-likeness (QED) is 0.587. The van der Waals surface area contributed by atoms with Crippen molar-refractivity contribution in [2.24, 2.45) is 5.73 Å². The second-order valence-corrected chi connectivity index (χ2v) is 4.23. The third-order valence-corrected chi connectivity index (χ3v) is 3.29. The van der Waals surface area contributed by atoms with E-state index in [1.165, 1.54) is 24.1 Å². The number of thiophene rings is 1. The minimum Gasteiger partial charge on any atom is -0.327 e. The van der Waals surface area contributed by atoms with Crippen molar-refractivity contribution < 1.29 is 0 Å². The van der Waals surface area contributed by atoms with Gasteiger partial charge in [-0.15, -0.1) is 11.3 Å². The van der Waals surface area contributed by atoms with Crippen molar-refractivity contribution in [3.05, 3.63) is 21.9 Å². The van der Waals surface area contributed by atoms with Gasteiger partial charge in [0, 0.05) is 10.9 Å². The summed E-state index contributed by atoms with van der Waals surface area (Å²) in [6, 6.07) is 2.66. The molecule has 1 aliphatic rings. The SMILES string of the molecule is NC1CCCc2ccsc2C1. The molecule has 0 amide bonds. The first-order valence-corrected chi connectivity index (χ1v) is 5.05. The molecular formula is C9H13NS. The third kappa shape index (κ3) is 1.47. The molecule has 1 atom stereocenters. The van der Waals surface area contributed by atoms with Crippen LogP contribution in [0, 0.1) is 0 Å². The second kappa shape index (κ2) is 2.95. The molecule has 60 valence electrons. The molecule has 0 aromatic carbocycles. The van der Waals surface area contributed by atoms with Gasteiger partial charge in [0.25, 0.3) is 0 Å². The summed E-state index contributed by atoms with van der Waals surface area (Å²) in [4.78, 5) is 1.52. The van der Waals surface area contributed by atoms with Crippen LogP contribution in [0.2, 0.25) is 0 Å². The standard InChI is InChI=1S/C9H13NS/c10-8-3-1-2-7-4-5-11-9(7)6-8/h4-5,8H,1-3,6,10H2. The minimum atomic E-state index is 0.412. The predicted molar refractivity (Wildman–Crippen MR) is 48.9 cm³/mol. The summed E-state index contributed by atoms with van der Waals surface area (Å²) < 4.78 is 0. The highest BCUT2D eigenvalue weighted by Gasteiger charge is 2.13. The highest BCUT2D eigenvalue weighted by Crippen LogP contribution is 2.24. The van der Waals surface area contributed by atoms with Crippen molar-refractivity contribution in [2.45, 2.75) is 31.7 Å². The van der Waals surface area contributed by atoms with Crippen LogP contribution in [0.3, 0.4) is 0 Å². The first kappa shape index (κ1) is 7.32. The third-order valence-electron chi connectivity index (χ3n) is 2.31. The van der Waals surface area contributed by atoms with E-state index >= 15 is 0 Å². The second-order valence-electron chi connectivity index (χ2n) is 3.23. The molecule has 0 saturated carbocycles. The lowest BCUT2D eigenvalue weighted by atomic mass is 10.1. The Morgan fingerprint density at radius 3 is 3.36 bits per heavy atom. The molecule has 2 N–H and O–H groups in total. The molecule has 1 aliphatic carbocycles. The number of hydrogen-bond acceptors (Lipinski definition) is 2. The average molecular weight is 167 g/mol. The number of nitrogens with two attached hydrogens (primary N) is 1. The van der Waals surface area contributed by atoms with Crippen LogP contribution in [0.25, 0.3) is 0 Å². The molecule has 2 rings (SSSR count). The highest BCUT2D eigenvalue weighted by atomic mass is 32.1. The Morgan fingerprint density at radius 2 is 2.45 bits per heavy atom. The van der Waals surface area contributed by atoms with Crippen LogP contribution >= 0.6 is 11.3 Å². The molecule has 1 nitrogen and oxygen atoms in total. The normalized spacial score (nSPS) is 24.3. The van der Waals surface area contributed by atoms with Crippen molar-refractivity contribution in [3.63, 3.8) is 0 Å². The maximum absolute atomic E-state index is 5.92. The fourth-order valence-electron chi connectivity index (χ4n) is 1.66. The lowest BCUT2D eigenvalue weighted by Gasteiger charge is -2.04. The van der Waals surface area contributed by atoms with Gasteiger partial charge in [-0.3, -0.25) is 0 Å². The Morgan fingerprint density at radius 1 is 1.55 bits per heavy atom. The van der Waals surface area contributed by atoms with Crippen molar-refractivity contribution >= 4 is 11.3 Å². The summed E-state index contributed by atoms with van der Waals surface area (Å²) in [6.07, 6.45) is 4.81. The first-order chi connectivity index (χ1) is 5.36. The molecule has 1 aromatic rings. The highest BCUT2D eigenvalue weighted by molar-refractivity contribution is 7.10. The minimum absolute atomic E-state index is 0.412. The molecule has 11 heavy (non-hydrogen) atoms. The van der Waals surface area contributed by atoms with E-state index in [9.17, 15) is 0 Å². The molecule has 0 radical (unpaired) electrons. The van der Waals surface area contributed by atoms with Gasteiger partial charge in [0.1, 0.15) is 0 Å². The molecule has 1 unspecified atom stereocenters. The van der Waals surface area contributed by atoms with Crippen molar-refractivity contribution in [2.75, 3.05) is 0 Å². The summed E-state index contributed by atoms with van der Waals surface area (Å²) in [7, 11) is 0. The van der Waals surface area contributed by atoms with E-state index in [1.807, 2.05) is 11.3 Å². The summed E-state index contributed by atoms with van der Waals surface area (Å²) in [5, 5.41) is 2.18. The lowest BCUT2D eigenvalue weighted by molar-refractivity contribution is 0.605. The van der Waals surface area contributed by atoms with Crippen LogP contribution in [0.5, 0.6) is 0 Å².